The van der Waals surface area contributed by atoms with Crippen molar-refractivity contribution < 1.29 is 0 Å². The lowest BCUT2D eigenvalue weighted by atomic mass is 10.2. The first-order valence-electron chi connectivity index (χ1n) is 3.67. The second-order valence-corrected chi connectivity index (χ2v) is 2.68. The molecular formula is C8H11NS. The topological polar surface area (TPSA) is 12.4 Å². The maximum Gasteiger partial charge on any atom is 0.0783 e. The number of isothiocyanates is 1. The van der Waals surface area contributed by atoms with Gasteiger partial charge < -0.3 is 0 Å². The summed E-state index contributed by atoms with van der Waals surface area (Å²) in [6.45, 7) is 0. The number of hydrogen-bond donors (Lipinski definition) is 0. The fourth-order valence-electron chi connectivity index (χ4n) is 1.14. The van der Waals surface area contributed by atoms with Crippen LogP contribution >= 0.6 is 12.2 Å². The molecule has 0 radical (unpaired) electrons. The van der Waals surface area contributed by atoms with Crippen molar-refractivity contribution in [1.82, 2.24) is 0 Å². The molecule has 0 fully saturated rings. The van der Waals surface area contributed by atoms with Crippen LogP contribution in [0, 0.1) is 0 Å². The Morgan fingerprint density at radius 3 is 3.20 bits per heavy atom. The lowest BCUT2D eigenvalue weighted by Crippen LogP contribution is -1.96. The van der Waals surface area contributed by atoms with Gasteiger partial charge in [-0.25, -0.2) is 4.99 Å². The van der Waals surface area contributed by atoms with Gasteiger partial charge in [0.1, 0.15) is 0 Å². The first-order valence-corrected chi connectivity index (χ1v) is 4.08. The van der Waals surface area contributed by atoms with Crippen molar-refractivity contribution >= 4 is 17.4 Å². The number of thiocarbonyl (C=S) groups is 1. The van der Waals surface area contributed by atoms with E-state index in [2.05, 4.69) is 34.5 Å². The summed E-state index contributed by atoms with van der Waals surface area (Å²) in [7, 11) is 0. The fourth-order valence-corrected chi connectivity index (χ4v) is 1.28. The van der Waals surface area contributed by atoms with Gasteiger partial charge in [0.15, 0.2) is 0 Å². The predicted molar refractivity (Wildman–Crippen MR) is 46.4 cm³/mol. The van der Waals surface area contributed by atoms with E-state index >= 15 is 0 Å². The van der Waals surface area contributed by atoms with E-state index in [9.17, 15) is 0 Å². The monoisotopic (exact) mass is 153 g/mol. The number of hydrogen-bond acceptors (Lipinski definition) is 2. The molecular weight excluding hydrogens is 142 g/mol. The van der Waals surface area contributed by atoms with Crippen LogP contribution in [0.5, 0.6) is 0 Å². The zero-order valence-electron chi connectivity index (χ0n) is 5.92. The molecule has 0 aromatic carbocycles. The standard InChI is InChI=1S/C8H11NS/c10-7-9-8-5-3-1-2-4-6-8/h3,5,8H,1-2,4,6H2. The number of aliphatic imine (C=N–C) groups is 1. The summed E-state index contributed by atoms with van der Waals surface area (Å²) < 4.78 is 0. The summed E-state index contributed by atoms with van der Waals surface area (Å²) in [4.78, 5) is 4.02. The summed E-state index contributed by atoms with van der Waals surface area (Å²) in [5, 5.41) is 2.42. The summed E-state index contributed by atoms with van der Waals surface area (Å²) in [5.41, 5.74) is 0. The van der Waals surface area contributed by atoms with Gasteiger partial charge in [-0.15, -0.1) is 0 Å². The molecule has 0 aromatic rings. The Balaban J connectivity index is 2.49. The predicted octanol–water partition coefficient (Wildman–Crippen LogP) is 2.59. The number of rotatable bonds is 1. The lowest BCUT2D eigenvalue weighted by molar-refractivity contribution is 0.661. The SMILES string of the molecule is S=C=NC1C=CCCCC1. The largest absolute Gasteiger partial charge is 0.225 e. The van der Waals surface area contributed by atoms with Gasteiger partial charge in [0.2, 0.25) is 0 Å². The molecule has 1 atom stereocenters. The minimum Gasteiger partial charge on any atom is -0.225 e. The van der Waals surface area contributed by atoms with Gasteiger partial charge in [0.25, 0.3) is 0 Å². The molecule has 0 saturated heterocycles. The molecule has 1 aliphatic carbocycles. The van der Waals surface area contributed by atoms with Crippen LogP contribution in [-0.2, 0) is 0 Å². The van der Waals surface area contributed by atoms with E-state index in [0.717, 1.165) is 6.42 Å². The first-order chi connectivity index (χ1) is 4.93. The van der Waals surface area contributed by atoms with Crippen LogP contribution in [0.1, 0.15) is 25.7 Å². The van der Waals surface area contributed by atoms with Gasteiger partial charge in [-0.1, -0.05) is 18.6 Å². The van der Waals surface area contributed by atoms with Gasteiger partial charge in [0.05, 0.1) is 11.2 Å². The van der Waals surface area contributed by atoms with Crippen molar-refractivity contribution in [3.05, 3.63) is 12.2 Å². The van der Waals surface area contributed by atoms with Crippen LogP contribution in [0.25, 0.3) is 0 Å². The molecule has 0 N–H and O–H groups in total. The van der Waals surface area contributed by atoms with E-state index in [4.69, 9.17) is 0 Å². The summed E-state index contributed by atoms with van der Waals surface area (Å²) in [6, 6.07) is 0.319. The highest BCUT2D eigenvalue weighted by atomic mass is 32.1. The summed E-state index contributed by atoms with van der Waals surface area (Å²) >= 11 is 4.53. The highest BCUT2D eigenvalue weighted by Crippen LogP contribution is 2.12. The van der Waals surface area contributed by atoms with Crippen LogP contribution in [0.3, 0.4) is 0 Å². The Morgan fingerprint density at radius 2 is 2.40 bits per heavy atom. The molecule has 0 amide bonds. The van der Waals surface area contributed by atoms with Crippen molar-refractivity contribution in [3.63, 3.8) is 0 Å². The van der Waals surface area contributed by atoms with Crippen molar-refractivity contribution in [2.45, 2.75) is 31.7 Å². The van der Waals surface area contributed by atoms with E-state index in [0.29, 0.717) is 6.04 Å². The van der Waals surface area contributed by atoms with Crippen LogP contribution in [0.15, 0.2) is 17.1 Å². The van der Waals surface area contributed by atoms with Crippen LogP contribution in [0.4, 0.5) is 0 Å². The molecule has 0 bridgehead atoms. The van der Waals surface area contributed by atoms with Gasteiger partial charge in [0, 0.05) is 0 Å². The first kappa shape index (κ1) is 7.64. The molecule has 0 aromatic heterocycles. The van der Waals surface area contributed by atoms with Crippen LogP contribution in [-0.4, -0.2) is 11.2 Å². The maximum absolute atomic E-state index is 4.53. The number of nitrogens with zero attached hydrogens (tertiary/aromatic N) is 1. The van der Waals surface area contributed by atoms with Crippen molar-refractivity contribution in [3.8, 4) is 0 Å². The molecule has 1 unspecified atom stereocenters. The van der Waals surface area contributed by atoms with Crippen molar-refractivity contribution in [2.75, 3.05) is 0 Å². The smallest absolute Gasteiger partial charge is 0.0783 e. The normalized spacial score (nSPS) is 25.0. The highest BCUT2D eigenvalue weighted by molar-refractivity contribution is 7.78. The summed E-state index contributed by atoms with van der Waals surface area (Å²) in [6.07, 6.45) is 9.21. The highest BCUT2D eigenvalue weighted by Gasteiger charge is 2.03. The van der Waals surface area contributed by atoms with Gasteiger partial charge in [-0.3, -0.25) is 0 Å². The Morgan fingerprint density at radius 1 is 1.50 bits per heavy atom. The average molecular weight is 153 g/mol. The Kier molecular flexibility index (Phi) is 3.34. The summed E-state index contributed by atoms with van der Waals surface area (Å²) in [5.74, 6) is 0. The lowest BCUT2D eigenvalue weighted by Gasteiger charge is -1.99. The minimum atomic E-state index is 0.319. The molecule has 1 nitrogen and oxygen atoms in total. The van der Waals surface area contributed by atoms with Gasteiger partial charge in [-0.2, -0.15) is 0 Å². The third-order valence-electron chi connectivity index (χ3n) is 1.70. The van der Waals surface area contributed by atoms with Gasteiger partial charge in [-0.05, 0) is 31.5 Å². The number of allylic oxidation sites excluding steroid dienone is 1. The van der Waals surface area contributed by atoms with E-state index in [1.54, 1.807) is 0 Å². The van der Waals surface area contributed by atoms with E-state index < -0.39 is 0 Å². The third kappa shape index (κ3) is 2.42. The molecule has 1 rings (SSSR count). The van der Waals surface area contributed by atoms with E-state index in [1.165, 1.54) is 19.3 Å². The molecule has 1 aliphatic rings. The Hall–Kier alpha value is -0.460. The van der Waals surface area contributed by atoms with E-state index in [-0.39, 0.29) is 0 Å². The second-order valence-electron chi connectivity index (χ2n) is 2.50. The molecule has 0 aliphatic heterocycles. The minimum absolute atomic E-state index is 0.319. The van der Waals surface area contributed by atoms with Crippen LogP contribution < -0.4 is 0 Å². The molecule has 10 heavy (non-hydrogen) atoms. The molecule has 2 heteroatoms. The van der Waals surface area contributed by atoms with Gasteiger partial charge >= 0.3 is 0 Å². The third-order valence-corrected chi connectivity index (χ3v) is 1.80. The van der Waals surface area contributed by atoms with Crippen LogP contribution in [0.2, 0.25) is 0 Å². The molecule has 0 heterocycles. The zero-order valence-corrected chi connectivity index (χ0v) is 6.73. The Bertz CT molecular complexity index is 168. The average Bonchev–Trinajstić information content (AvgIpc) is 2.17. The fraction of sp³-hybridized carbons (Fsp3) is 0.625. The zero-order chi connectivity index (χ0) is 7.23. The molecule has 0 saturated carbocycles. The van der Waals surface area contributed by atoms with E-state index in [1.807, 2.05) is 0 Å². The maximum atomic E-state index is 4.53. The quantitative estimate of drug-likeness (QED) is 0.320. The van der Waals surface area contributed by atoms with Crippen molar-refractivity contribution in [1.29, 1.82) is 0 Å². The second kappa shape index (κ2) is 4.37. The molecule has 54 valence electrons. The molecule has 0 spiro atoms. The van der Waals surface area contributed by atoms with Crippen molar-refractivity contribution in [2.24, 2.45) is 4.99 Å². The Labute approximate surface area is 66.9 Å².